The van der Waals surface area contributed by atoms with Gasteiger partial charge >= 0.3 is 18.5 Å². The molecule has 0 spiro atoms. The molecule has 0 radical (unpaired) electrons. The highest BCUT2D eigenvalue weighted by molar-refractivity contribution is 5.85. The lowest BCUT2D eigenvalue weighted by Crippen LogP contribution is -2.47. The number of aliphatic hydroxyl groups excluding tert-OH is 2. The number of hydrogen-bond donors (Lipinski definition) is 4. The van der Waals surface area contributed by atoms with Crippen LogP contribution >= 0.6 is 0 Å². The number of H-pyrrole nitrogens is 2. The third kappa shape index (κ3) is 13.3. The number of aromatic nitrogens is 9. The molecule has 2 aliphatic heterocycles. The van der Waals surface area contributed by atoms with Crippen LogP contribution in [0.25, 0.3) is 54.4 Å². The van der Waals surface area contributed by atoms with E-state index in [0.29, 0.717) is 36.8 Å². The van der Waals surface area contributed by atoms with Gasteiger partial charge in [0.15, 0.2) is 0 Å². The molecule has 21 nitrogen and oxygen atoms in total. The number of aromatic amines is 2. The normalized spacial score (nSPS) is 23.3. The van der Waals surface area contributed by atoms with Gasteiger partial charge in [0, 0.05) is 58.0 Å². The number of nitrogens with one attached hydrogen (secondary N) is 2. The van der Waals surface area contributed by atoms with Gasteiger partial charge in [-0.2, -0.15) is 51.8 Å². The van der Waals surface area contributed by atoms with Crippen molar-refractivity contribution >= 4 is 40.3 Å². The van der Waals surface area contributed by atoms with Gasteiger partial charge in [0.05, 0.1) is 43.4 Å². The first-order valence-electron chi connectivity index (χ1n) is 27.5. The average molecular weight is 1110 g/mol. The lowest BCUT2D eigenvalue weighted by Gasteiger charge is -2.45. The highest BCUT2D eigenvalue weighted by Gasteiger charge is 2.48. The first kappa shape index (κ1) is 58.9. The van der Waals surface area contributed by atoms with Crippen molar-refractivity contribution in [2.75, 3.05) is 13.1 Å². The second-order valence-electron chi connectivity index (χ2n) is 21.5. The number of hydrogen-bond acceptors (Lipinski definition) is 15. The summed E-state index contributed by atoms with van der Waals surface area (Å²) in [6, 6.07) is 30.9. The van der Waals surface area contributed by atoms with E-state index in [-0.39, 0.29) is 54.6 Å². The molecule has 2 aliphatic carbocycles. The van der Waals surface area contributed by atoms with Gasteiger partial charge in [-0.1, -0.05) is 96.6 Å². The fraction of sp³-hybridized carbons (Fsp3) is 0.410. The maximum absolute atomic E-state index is 10.6. The Morgan fingerprint density at radius 1 is 0.585 bits per heavy atom. The van der Waals surface area contributed by atoms with Gasteiger partial charge in [-0.25, -0.2) is 0 Å². The molecule has 0 amide bonds. The average Bonchev–Trinajstić information content (AvgIpc) is 4.37. The lowest BCUT2D eigenvalue weighted by molar-refractivity contribution is -0.193. The van der Waals surface area contributed by atoms with Crippen LogP contribution in [0.5, 0.6) is 0 Å². The Labute approximate surface area is 473 Å². The summed E-state index contributed by atoms with van der Waals surface area (Å²) in [7, 11) is 0. The standard InChI is InChI=1S/C30H34N6O.C28H31N7O.3CO2/c1-19-8-10-21(11-9-19)27-18-35(34-33-27)15-14-24-23-6-4-5-7-26(23)32-30(24)28-16-25-20(2)29(37)13-12-22(25)17-36(28)31-3;1-18-22-15-26(35(29-2)16-19(22)10-11-27(18)36)28-21(20-7-3-4-8-23(20)31-28)12-14-34-17-25(32-33-34)24-9-5-6-13-30-24;3*2-1-3/h4-11,18,20,22,25,28-29,32,37H,12-17H2,1-2H3;3-9,13,17-19,22,26-27,31,36H,10-12,14-16H2,1H3;;;/t20-,22+,25-,28+,29+;18-,19+,22-,26+,27+;;;/m11.../s1. The van der Waals surface area contributed by atoms with Gasteiger partial charge in [-0.15, -0.1) is 20.2 Å². The van der Waals surface area contributed by atoms with Crippen molar-refractivity contribution in [2.24, 2.45) is 35.5 Å². The van der Waals surface area contributed by atoms with E-state index in [0.717, 1.165) is 110 Å². The summed E-state index contributed by atoms with van der Waals surface area (Å²) in [6.45, 7) is 25.3. The smallest absolute Gasteiger partial charge is 0.373 e. The molecule has 4 aliphatic rings. The highest BCUT2D eigenvalue weighted by atomic mass is 16.3. The second kappa shape index (κ2) is 27.8. The second-order valence-corrected chi connectivity index (χ2v) is 21.5. The lowest BCUT2D eigenvalue weighted by atomic mass is 9.66. The summed E-state index contributed by atoms with van der Waals surface area (Å²) in [5, 5.41) is 44.9. The minimum Gasteiger partial charge on any atom is -0.393 e. The van der Waals surface area contributed by atoms with Gasteiger partial charge in [-0.3, -0.25) is 14.3 Å². The predicted octanol–water partition coefficient (Wildman–Crippen LogP) is 8.50. The molecule has 3 aromatic carbocycles. The number of fused-ring (bicyclic) bond motifs is 4. The number of para-hydroxylation sites is 2. The van der Waals surface area contributed by atoms with Gasteiger partial charge in [0.2, 0.25) is 0 Å². The minimum absolute atomic E-state index is 0.00670. The van der Waals surface area contributed by atoms with Crippen LogP contribution in [0.3, 0.4) is 0 Å². The fourth-order valence-electron chi connectivity index (χ4n) is 13.0. The van der Waals surface area contributed by atoms with Crippen LogP contribution in [0.15, 0.2) is 110 Å². The molecule has 21 heteroatoms. The molecule has 0 bridgehead atoms. The van der Waals surface area contributed by atoms with Crippen molar-refractivity contribution in [1.82, 2.24) is 55.0 Å². The van der Waals surface area contributed by atoms with Crippen molar-refractivity contribution < 1.29 is 39.0 Å². The Morgan fingerprint density at radius 3 is 1.48 bits per heavy atom. The quantitative estimate of drug-likeness (QED) is 0.0936. The van der Waals surface area contributed by atoms with Crippen molar-refractivity contribution in [3.63, 3.8) is 0 Å². The largest absolute Gasteiger partial charge is 0.393 e. The fourth-order valence-corrected chi connectivity index (χ4v) is 13.0. The molecule has 2 saturated heterocycles. The Morgan fingerprint density at radius 2 is 1.02 bits per heavy atom. The summed E-state index contributed by atoms with van der Waals surface area (Å²) in [4.78, 5) is 68.5. The van der Waals surface area contributed by atoms with Gasteiger partial charge in [0.1, 0.15) is 23.5 Å². The van der Waals surface area contributed by atoms with E-state index in [2.05, 4.69) is 133 Å². The van der Waals surface area contributed by atoms with Crippen molar-refractivity contribution in [2.45, 2.75) is 110 Å². The predicted molar refractivity (Wildman–Crippen MR) is 297 cm³/mol. The zero-order valence-corrected chi connectivity index (χ0v) is 45.9. The molecular formula is C61H65N13O8. The molecule has 0 unspecified atom stereocenters. The van der Waals surface area contributed by atoms with Crippen LogP contribution in [0.1, 0.15) is 92.5 Å². The zero-order chi connectivity index (χ0) is 58.3. The van der Waals surface area contributed by atoms with E-state index in [9.17, 15) is 10.2 Å². The highest BCUT2D eigenvalue weighted by Crippen LogP contribution is 2.49. The zero-order valence-electron chi connectivity index (χ0n) is 45.9. The molecule has 12 rings (SSSR count). The summed E-state index contributed by atoms with van der Waals surface area (Å²) < 4.78 is 3.79. The number of benzene rings is 3. The Kier molecular flexibility index (Phi) is 20.0. The van der Waals surface area contributed by atoms with Gasteiger partial charge < -0.3 is 20.2 Å². The van der Waals surface area contributed by atoms with Crippen LogP contribution < -0.4 is 0 Å². The number of nitrogens with zero attached hydrogens (tertiary/aromatic N) is 11. The van der Waals surface area contributed by atoms with E-state index >= 15 is 0 Å². The molecule has 7 heterocycles. The van der Waals surface area contributed by atoms with E-state index in [1.54, 1.807) is 6.20 Å². The number of carbonyl (C=O) groups excluding carboxylic acids is 6. The van der Waals surface area contributed by atoms with Crippen molar-refractivity contribution in [1.29, 1.82) is 0 Å². The first-order chi connectivity index (χ1) is 39.9. The van der Waals surface area contributed by atoms with E-state index in [1.807, 2.05) is 56.0 Å². The Balaban J connectivity index is 0.000000188. The number of aliphatic hydroxyl groups is 2. The van der Waals surface area contributed by atoms with Gasteiger partial charge in [0.25, 0.3) is 0 Å². The minimum atomic E-state index is -0.241. The maximum Gasteiger partial charge on any atom is 0.373 e. The molecule has 5 aromatic heterocycles. The van der Waals surface area contributed by atoms with Crippen LogP contribution in [0, 0.1) is 55.6 Å². The molecule has 422 valence electrons. The van der Waals surface area contributed by atoms with Crippen LogP contribution in [-0.2, 0) is 54.7 Å². The molecule has 2 saturated carbocycles. The molecule has 8 aromatic rings. The molecular weight excluding hydrogens is 1040 g/mol. The van der Waals surface area contributed by atoms with E-state index < -0.39 is 0 Å². The molecule has 4 fully saturated rings. The third-order valence-corrected chi connectivity index (χ3v) is 17.1. The molecule has 4 N–H and O–H groups in total. The number of pyridine rings is 1. The summed E-state index contributed by atoms with van der Waals surface area (Å²) in [5.74, 6) is 2.32. The van der Waals surface area contributed by atoms with Crippen LogP contribution in [0.2, 0.25) is 0 Å². The van der Waals surface area contributed by atoms with Crippen LogP contribution in [-0.4, -0.2) is 109 Å². The Hall–Kier alpha value is -9.19. The first-order valence-corrected chi connectivity index (χ1v) is 27.5. The monoisotopic (exact) mass is 1110 g/mol. The SMILES string of the molecule is O=C=O.O=C=O.O=C=O.[C-]#[N+]N1C[C@@H]2CC[C@H](O)[C@H](C)[C@H]2C[C@H]1c1[nH]c2ccccc2c1CCn1cc(-c2ccc(C)cc2)nn1.[C-]#[N+]N1C[C@@H]2CC[C@H](O)[C@H](C)[C@H]2C[C@H]1c1[nH]c2ccccc2c1CCn1cc(-c2ccccn2)nn1. The van der Waals surface area contributed by atoms with E-state index in [4.69, 9.17) is 41.9 Å². The number of rotatable bonds is 10. The maximum atomic E-state index is 10.6. The Bertz CT molecular complexity index is 3550. The molecule has 82 heavy (non-hydrogen) atoms. The van der Waals surface area contributed by atoms with Crippen molar-refractivity contribution in [3.8, 4) is 22.6 Å². The number of piperidine rings is 2. The third-order valence-electron chi connectivity index (χ3n) is 17.1. The summed E-state index contributed by atoms with van der Waals surface area (Å²) in [6.07, 6.45) is 13.0. The van der Waals surface area contributed by atoms with E-state index in [1.165, 1.54) is 27.5 Å². The summed E-state index contributed by atoms with van der Waals surface area (Å²) in [5.41, 5.74) is 11.7. The number of aryl methyl sites for hydroxylation is 5. The van der Waals surface area contributed by atoms with Crippen molar-refractivity contribution in [3.05, 3.63) is 161 Å². The topological polar surface area (TPSA) is 264 Å². The van der Waals surface area contributed by atoms with Gasteiger partial charge in [-0.05, 0) is 129 Å². The summed E-state index contributed by atoms with van der Waals surface area (Å²) >= 11 is 0. The molecule has 10 atom stereocenters. The van der Waals surface area contributed by atoms with Crippen LogP contribution in [0.4, 0.5) is 0 Å².